The van der Waals surface area contributed by atoms with Gasteiger partial charge in [0.25, 0.3) is 0 Å². The van der Waals surface area contributed by atoms with Crippen LogP contribution in [0.15, 0.2) is 39.3 Å². The van der Waals surface area contributed by atoms with E-state index in [9.17, 15) is 8.42 Å². The second kappa shape index (κ2) is 5.19. The maximum Gasteiger partial charge on any atom is 0.238 e. The first kappa shape index (κ1) is 13.8. The molecule has 0 bridgehead atoms. The van der Waals surface area contributed by atoms with Gasteiger partial charge in [-0.3, -0.25) is 0 Å². The maximum absolute atomic E-state index is 11.1. The topological polar surface area (TPSA) is 114 Å². The molecule has 0 amide bonds. The van der Waals surface area contributed by atoms with E-state index in [4.69, 9.17) is 10.9 Å². The van der Waals surface area contributed by atoms with Gasteiger partial charge in [-0.25, -0.2) is 23.6 Å². The summed E-state index contributed by atoms with van der Waals surface area (Å²) < 4.78 is 22.2. The highest BCUT2D eigenvalue weighted by molar-refractivity contribution is 8.12. The van der Waals surface area contributed by atoms with Crippen LogP contribution in [0.5, 0.6) is 0 Å². The van der Waals surface area contributed by atoms with E-state index in [1.165, 1.54) is 36.0 Å². The number of guanidine groups is 1. The molecule has 1 aliphatic rings. The Labute approximate surface area is 115 Å². The second-order valence-corrected chi connectivity index (χ2v) is 6.54. The molecule has 1 heterocycles. The van der Waals surface area contributed by atoms with Crippen molar-refractivity contribution < 1.29 is 8.42 Å². The van der Waals surface area contributed by atoms with Gasteiger partial charge >= 0.3 is 0 Å². The summed E-state index contributed by atoms with van der Waals surface area (Å²) in [6.07, 6.45) is 0. The Morgan fingerprint density at radius 1 is 1.42 bits per heavy atom. The third-order valence-corrected chi connectivity index (χ3v) is 4.16. The number of rotatable bonds is 2. The zero-order chi connectivity index (χ0) is 14.0. The van der Waals surface area contributed by atoms with E-state index in [0.717, 1.165) is 0 Å². The lowest BCUT2D eigenvalue weighted by molar-refractivity contribution is 0.446. The summed E-state index contributed by atoms with van der Waals surface area (Å²) in [5.74, 6) is 0.247. The molecular formula is C10H13N5O2S2. The van der Waals surface area contributed by atoms with Crippen LogP contribution in [0.2, 0.25) is 0 Å². The first-order valence-corrected chi connectivity index (χ1v) is 7.81. The van der Waals surface area contributed by atoms with Crippen LogP contribution in [0.1, 0.15) is 6.92 Å². The molecule has 0 saturated heterocycles. The molecule has 2 rings (SSSR count). The van der Waals surface area contributed by atoms with Crippen LogP contribution in [-0.2, 0) is 10.0 Å². The molecule has 0 aromatic heterocycles. The number of thioether (sulfide) groups is 1. The van der Waals surface area contributed by atoms with Crippen LogP contribution < -0.4 is 10.9 Å². The molecule has 9 heteroatoms. The van der Waals surface area contributed by atoms with Crippen LogP contribution in [0.4, 0.5) is 5.69 Å². The zero-order valence-corrected chi connectivity index (χ0v) is 11.7. The van der Waals surface area contributed by atoms with Crippen molar-refractivity contribution in [3.05, 3.63) is 24.3 Å². The number of nitrogens with two attached hydrogens (primary N) is 2. The molecule has 0 radical (unpaired) electrons. The highest BCUT2D eigenvalue weighted by Crippen LogP contribution is 2.21. The van der Waals surface area contributed by atoms with Crippen molar-refractivity contribution in [2.24, 2.45) is 21.0 Å². The number of hydrazone groups is 1. The number of nitrogens with zero attached hydrogens (tertiary/aromatic N) is 3. The number of hydrogen-bond donors (Lipinski definition) is 2. The van der Waals surface area contributed by atoms with Gasteiger partial charge in [0.2, 0.25) is 16.0 Å². The predicted octanol–water partition coefficient (Wildman–Crippen LogP) is 0.618. The summed E-state index contributed by atoms with van der Waals surface area (Å²) in [5.41, 5.74) is 8.05. The average molecular weight is 299 g/mol. The Kier molecular flexibility index (Phi) is 3.78. The maximum atomic E-state index is 11.1. The fourth-order valence-electron chi connectivity index (χ4n) is 1.46. The zero-order valence-electron chi connectivity index (χ0n) is 10.1. The van der Waals surface area contributed by atoms with Gasteiger partial charge < -0.3 is 5.73 Å². The minimum Gasteiger partial charge on any atom is -0.368 e. The van der Waals surface area contributed by atoms with Crippen LogP contribution in [0.25, 0.3) is 0 Å². The van der Waals surface area contributed by atoms with Gasteiger partial charge in [-0.2, -0.15) is 5.10 Å². The van der Waals surface area contributed by atoms with Gasteiger partial charge in [0.15, 0.2) is 0 Å². The molecule has 1 unspecified atom stereocenters. The van der Waals surface area contributed by atoms with Crippen molar-refractivity contribution in [2.75, 3.05) is 0 Å². The summed E-state index contributed by atoms with van der Waals surface area (Å²) in [7, 11) is -3.69. The molecule has 0 fully saturated rings. The summed E-state index contributed by atoms with van der Waals surface area (Å²) in [4.78, 5) is 4.21. The molecule has 0 aliphatic carbocycles. The average Bonchev–Trinajstić information content (AvgIpc) is 2.75. The fourth-order valence-corrected chi connectivity index (χ4v) is 2.58. The minimum atomic E-state index is -3.69. The Bertz CT molecular complexity index is 624. The molecule has 1 atom stereocenters. The third-order valence-electron chi connectivity index (χ3n) is 2.42. The van der Waals surface area contributed by atoms with Crippen molar-refractivity contribution >= 4 is 39.0 Å². The van der Waals surface area contributed by atoms with Gasteiger partial charge in [-0.15, -0.1) is 0 Å². The summed E-state index contributed by atoms with van der Waals surface area (Å²) in [6, 6.07) is 5.83. The Balaban J connectivity index is 2.21. The lowest BCUT2D eigenvalue weighted by atomic mass is 10.3. The number of sulfonamides is 1. The van der Waals surface area contributed by atoms with Crippen molar-refractivity contribution in [3.63, 3.8) is 0 Å². The highest BCUT2D eigenvalue weighted by atomic mass is 32.2. The standard InChI is InChI=1S/C10H13N5O2S2/c1-7-15(13-6-18-7)10(11)14-8-2-4-9(5-3-8)19(12,16)17/h2-7H,1H3,(H2,11,14)(H2,12,16,17). The largest absolute Gasteiger partial charge is 0.368 e. The molecule has 0 spiro atoms. The third kappa shape index (κ3) is 3.25. The molecule has 1 aromatic carbocycles. The van der Waals surface area contributed by atoms with Crippen molar-refractivity contribution in [3.8, 4) is 0 Å². The smallest absolute Gasteiger partial charge is 0.238 e. The monoisotopic (exact) mass is 299 g/mol. The first-order valence-electron chi connectivity index (χ1n) is 5.32. The van der Waals surface area contributed by atoms with Crippen molar-refractivity contribution in [1.82, 2.24) is 5.01 Å². The van der Waals surface area contributed by atoms with E-state index in [-0.39, 0.29) is 16.2 Å². The Morgan fingerprint density at radius 3 is 2.53 bits per heavy atom. The van der Waals surface area contributed by atoms with Gasteiger partial charge in [0.05, 0.1) is 16.1 Å². The first-order chi connectivity index (χ1) is 8.88. The highest BCUT2D eigenvalue weighted by Gasteiger charge is 2.19. The van der Waals surface area contributed by atoms with Crippen LogP contribution >= 0.6 is 11.8 Å². The summed E-state index contributed by atoms with van der Waals surface area (Å²) in [6.45, 7) is 1.95. The predicted molar refractivity (Wildman–Crippen MR) is 76.5 cm³/mol. The van der Waals surface area contributed by atoms with E-state index >= 15 is 0 Å². The van der Waals surface area contributed by atoms with Gasteiger partial charge in [-0.1, -0.05) is 11.8 Å². The Morgan fingerprint density at radius 2 is 2.05 bits per heavy atom. The van der Waals surface area contributed by atoms with Crippen LogP contribution in [-0.4, -0.2) is 30.3 Å². The van der Waals surface area contributed by atoms with E-state index in [1.54, 1.807) is 10.6 Å². The quantitative estimate of drug-likeness (QED) is 0.613. The normalized spacial score (nSPS) is 20.0. The molecule has 1 aromatic rings. The lowest BCUT2D eigenvalue weighted by Crippen LogP contribution is -2.35. The molecule has 7 nitrogen and oxygen atoms in total. The molecule has 0 saturated carbocycles. The number of benzene rings is 1. The molecule has 102 valence electrons. The van der Waals surface area contributed by atoms with E-state index < -0.39 is 10.0 Å². The van der Waals surface area contributed by atoms with Gasteiger partial charge in [-0.05, 0) is 31.2 Å². The van der Waals surface area contributed by atoms with Crippen molar-refractivity contribution in [2.45, 2.75) is 17.2 Å². The lowest BCUT2D eigenvalue weighted by Gasteiger charge is -2.17. The molecule has 4 N–H and O–H groups in total. The van der Waals surface area contributed by atoms with Crippen LogP contribution in [0, 0.1) is 0 Å². The number of hydrogen-bond acceptors (Lipinski definition) is 5. The molecule has 1 aliphatic heterocycles. The van der Waals surface area contributed by atoms with E-state index in [0.29, 0.717) is 5.69 Å². The fraction of sp³-hybridized carbons (Fsp3) is 0.200. The number of primary sulfonamides is 1. The second-order valence-electron chi connectivity index (χ2n) is 3.81. The van der Waals surface area contributed by atoms with Crippen LogP contribution in [0.3, 0.4) is 0 Å². The SMILES string of the molecule is CC1SC=NN1C(N)=Nc1ccc(S(N)(=O)=O)cc1. The van der Waals surface area contributed by atoms with E-state index in [1.807, 2.05) is 6.92 Å². The minimum absolute atomic E-state index is 0.0353. The molecular weight excluding hydrogens is 286 g/mol. The summed E-state index contributed by atoms with van der Waals surface area (Å²) >= 11 is 1.53. The van der Waals surface area contributed by atoms with Crippen molar-refractivity contribution in [1.29, 1.82) is 0 Å². The van der Waals surface area contributed by atoms with Gasteiger partial charge in [0, 0.05) is 0 Å². The summed E-state index contributed by atoms with van der Waals surface area (Å²) in [5, 5.41) is 10.7. The van der Waals surface area contributed by atoms with E-state index in [2.05, 4.69) is 10.1 Å². The number of aliphatic imine (C=N–C) groups is 1. The molecule has 19 heavy (non-hydrogen) atoms. The Hall–Kier alpha value is -1.58. The van der Waals surface area contributed by atoms with Gasteiger partial charge in [0.1, 0.15) is 5.37 Å².